The van der Waals surface area contributed by atoms with Crippen LogP contribution < -0.4 is 10.5 Å². The second-order valence-corrected chi connectivity index (χ2v) is 5.00. The number of rotatable bonds is 6. The third kappa shape index (κ3) is 3.71. The van der Waals surface area contributed by atoms with Gasteiger partial charge in [-0.2, -0.15) is 0 Å². The first-order valence-electron chi connectivity index (χ1n) is 6.76. The molecule has 0 amide bonds. The minimum Gasteiger partial charge on any atom is -0.492 e. The maximum atomic E-state index is 6.21. The van der Waals surface area contributed by atoms with Gasteiger partial charge in [0.1, 0.15) is 5.75 Å². The number of benzene rings is 1. The molecule has 3 nitrogen and oxygen atoms in total. The fourth-order valence-corrected chi connectivity index (χ4v) is 2.41. The minimum absolute atomic E-state index is 0.199. The topological polar surface area (TPSA) is 48.1 Å². The molecule has 1 unspecified atom stereocenters. The lowest BCUT2D eigenvalue weighted by atomic mass is 9.96. The van der Waals surface area contributed by atoms with E-state index in [-0.39, 0.29) is 5.92 Å². The van der Waals surface area contributed by atoms with Gasteiger partial charge < -0.3 is 10.5 Å². The van der Waals surface area contributed by atoms with Gasteiger partial charge in [0.2, 0.25) is 0 Å². The molecule has 0 aliphatic heterocycles. The van der Waals surface area contributed by atoms with Crippen LogP contribution in [0.25, 0.3) is 0 Å². The summed E-state index contributed by atoms with van der Waals surface area (Å²) >= 11 is 6.21. The summed E-state index contributed by atoms with van der Waals surface area (Å²) in [5.74, 6) is 0.922. The number of nitrogens with two attached hydrogens (primary N) is 1. The summed E-state index contributed by atoms with van der Waals surface area (Å²) in [5, 5.41) is 0.640. The quantitative estimate of drug-likeness (QED) is 0.887. The average molecular weight is 291 g/mol. The van der Waals surface area contributed by atoms with Gasteiger partial charge in [-0.05, 0) is 43.2 Å². The van der Waals surface area contributed by atoms with Crippen LogP contribution in [0.2, 0.25) is 5.02 Å². The normalized spacial score (nSPS) is 12.2. The van der Waals surface area contributed by atoms with Gasteiger partial charge >= 0.3 is 0 Å². The lowest BCUT2D eigenvalue weighted by molar-refractivity contribution is 0.340. The van der Waals surface area contributed by atoms with Crippen LogP contribution >= 0.6 is 11.6 Å². The molecule has 0 spiro atoms. The van der Waals surface area contributed by atoms with Crippen LogP contribution in [0.4, 0.5) is 0 Å². The number of pyridine rings is 1. The zero-order valence-corrected chi connectivity index (χ0v) is 12.3. The summed E-state index contributed by atoms with van der Waals surface area (Å²) in [4.78, 5) is 4.38. The van der Waals surface area contributed by atoms with Crippen LogP contribution in [0.1, 0.15) is 24.1 Å². The van der Waals surface area contributed by atoms with Crippen molar-refractivity contribution >= 4 is 11.6 Å². The molecule has 1 aromatic carbocycles. The highest BCUT2D eigenvalue weighted by Gasteiger charge is 2.13. The number of nitrogens with zero attached hydrogens (tertiary/aromatic N) is 1. The van der Waals surface area contributed by atoms with Crippen LogP contribution in [-0.2, 0) is 6.42 Å². The Morgan fingerprint density at radius 1 is 1.30 bits per heavy atom. The van der Waals surface area contributed by atoms with Gasteiger partial charge in [-0.25, -0.2) is 0 Å². The van der Waals surface area contributed by atoms with E-state index in [1.807, 2.05) is 43.3 Å². The van der Waals surface area contributed by atoms with E-state index in [0.29, 0.717) is 18.2 Å². The van der Waals surface area contributed by atoms with E-state index in [0.717, 1.165) is 23.4 Å². The molecule has 106 valence electrons. The van der Waals surface area contributed by atoms with E-state index in [1.165, 1.54) is 0 Å². The Balaban J connectivity index is 2.14. The van der Waals surface area contributed by atoms with Crippen LogP contribution in [0.3, 0.4) is 0 Å². The van der Waals surface area contributed by atoms with Crippen molar-refractivity contribution in [1.29, 1.82) is 0 Å². The third-order valence-electron chi connectivity index (χ3n) is 3.17. The first-order chi connectivity index (χ1) is 9.74. The summed E-state index contributed by atoms with van der Waals surface area (Å²) in [6.07, 6.45) is 2.61. The summed E-state index contributed by atoms with van der Waals surface area (Å²) < 4.78 is 5.44. The molecule has 0 radical (unpaired) electrons. The molecule has 1 heterocycles. The summed E-state index contributed by atoms with van der Waals surface area (Å²) in [6.45, 7) is 3.11. The van der Waals surface area contributed by atoms with Crippen LogP contribution in [-0.4, -0.2) is 18.1 Å². The van der Waals surface area contributed by atoms with Gasteiger partial charge in [0.05, 0.1) is 11.6 Å². The average Bonchev–Trinajstić information content (AvgIpc) is 2.48. The first-order valence-corrected chi connectivity index (χ1v) is 7.14. The molecule has 1 atom stereocenters. The lowest BCUT2D eigenvalue weighted by Gasteiger charge is -2.15. The molecule has 2 rings (SSSR count). The fourth-order valence-electron chi connectivity index (χ4n) is 2.15. The number of hydrogen-bond donors (Lipinski definition) is 1. The van der Waals surface area contributed by atoms with Crippen molar-refractivity contribution in [2.75, 3.05) is 13.2 Å². The molecule has 0 bridgehead atoms. The second kappa shape index (κ2) is 7.27. The van der Waals surface area contributed by atoms with Crippen molar-refractivity contribution in [3.05, 3.63) is 58.9 Å². The number of ether oxygens (including phenoxy) is 1. The number of aromatic nitrogens is 1. The zero-order chi connectivity index (χ0) is 14.4. The van der Waals surface area contributed by atoms with E-state index >= 15 is 0 Å². The molecule has 0 aliphatic carbocycles. The molecule has 4 heteroatoms. The summed E-state index contributed by atoms with van der Waals surface area (Å²) in [5.41, 5.74) is 8.02. The van der Waals surface area contributed by atoms with Crippen molar-refractivity contribution in [2.24, 2.45) is 5.73 Å². The van der Waals surface area contributed by atoms with Gasteiger partial charge in [0, 0.05) is 24.4 Å². The Hall–Kier alpha value is -1.58. The SMILES string of the molecule is CCOc1ccc(CC(CN)c2ccccn2)cc1Cl. The smallest absolute Gasteiger partial charge is 0.137 e. The molecule has 0 saturated heterocycles. The lowest BCUT2D eigenvalue weighted by Crippen LogP contribution is -2.16. The van der Waals surface area contributed by atoms with Gasteiger partial charge in [0.15, 0.2) is 0 Å². The van der Waals surface area contributed by atoms with Crippen LogP contribution in [0.5, 0.6) is 5.75 Å². The second-order valence-electron chi connectivity index (χ2n) is 4.59. The molecule has 0 saturated carbocycles. The molecule has 2 N–H and O–H groups in total. The maximum absolute atomic E-state index is 6.21. The van der Waals surface area contributed by atoms with E-state index in [2.05, 4.69) is 4.98 Å². The highest BCUT2D eigenvalue weighted by Crippen LogP contribution is 2.27. The largest absolute Gasteiger partial charge is 0.492 e. The van der Waals surface area contributed by atoms with Crippen LogP contribution in [0, 0.1) is 0 Å². The first kappa shape index (κ1) is 14.8. The van der Waals surface area contributed by atoms with Crippen LogP contribution in [0.15, 0.2) is 42.6 Å². The Morgan fingerprint density at radius 3 is 2.75 bits per heavy atom. The Labute approximate surface area is 124 Å². The number of hydrogen-bond acceptors (Lipinski definition) is 3. The maximum Gasteiger partial charge on any atom is 0.137 e. The van der Waals surface area contributed by atoms with Gasteiger partial charge in [-0.3, -0.25) is 4.98 Å². The third-order valence-corrected chi connectivity index (χ3v) is 3.46. The van der Waals surface area contributed by atoms with Gasteiger partial charge in [0.25, 0.3) is 0 Å². The Kier molecular flexibility index (Phi) is 5.39. The van der Waals surface area contributed by atoms with Gasteiger partial charge in [-0.15, -0.1) is 0 Å². The van der Waals surface area contributed by atoms with E-state index in [9.17, 15) is 0 Å². The Morgan fingerprint density at radius 2 is 2.15 bits per heavy atom. The monoisotopic (exact) mass is 290 g/mol. The van der Waals surface area contributed by atoms with Gasteiger partial charge in [-0.1, -0.05) is 23.7 Å². The van der Waals surface area contributed by atoms with Crippen molar-refractivity contribution in [1.82, 2.24) is 4.98 Å². The van der Waals surface area contributed by atoms with Crippen molar-refractivity contribution < 1.29 is 4.74 Å². The standard InChI is InChI=1S/C16H19ClN2O/c1-2-20-16-7-6-12(10-14(16)17)9-13(11-18)15-5-3-4-8-19-15/h3-8,10,13H,2,9,11,18H2,1H3. The Bertz CT molecular complexity index is 545. The molecular weight excluding hydrogens is 272 g/mol. The summed E-state index contributed by atoms with van der Waals surface area (Å²) in [6, 6.07) is 11.8. The fraction of sp³-hybridized carbons (Fsp3) is 0.312. The van der Waals surface area contributed by atoms with E-state index in [4.69, 9.17) is 22.1 Å². The van der Waals surface area contributed by atoms with Crippen molar-refractivity contribution in [2.45, 2.75) is 19.3 Å². The molecule has 1 aromatic heterocycles. The van der Waals surface area contributed by atoms with Crippen molar-refractivity contribution in [3.63, 3.8) is 0 Å². The highest BCUT2D eigenvalue weighted by molar-refractivity contribution is 6.32. The predicted molar refractivity (Wildman–Crippen MR) is 82.4 cm³/mol. The minimum atomic E-state index is 0.199. The summed E-state index contributed by atoms with van der Waals surface area (Å²) in [7, 11) is 0. The highest BCUT2D eigenvalue weighted by atomic mass is 35.5. The van der Waals surface area contributed by atoms with E-state index < -0.39 is 0 Å². The van der Waals surface area contributed by atoms with E-state index in [1.54, 1.807) is 6.20 Å². The molecule has 2 aromatic rings. The van der Waals surface area contributed by atoms with Crippen molar-refractivity contribution in [3.8, 4) is 5.75 Å². The predicted octanol–water partition coefficient (Wildman–Crippen LogP) is 3.42. The molecule has 20 heavy (non-hydrogen) atoms. The zero-order valence-electron chi connectivity index (χ0n) is 11.6. The molecule has 0 fully saturated rings. The molecule has 0 aliphatic rings. The molecular formula is C16H19ClN2O. The number of halogens is 1.